The first-order chi connectivity index (χ1) is 9.36. The van der Waals surface area contributed by atoms with Crippen LogP contribution in [0, 0.1) is 0 Å². The molecular weight excluding hydrogens is 296 g/mol. The number of halogens is 1. The molecule has 1 heterocycles. The van der Waals surface area contributed by atoms with Gasteiger partial charge < -0.3 is 0 Å². The molecule has 2 unspecified atom stereocenters. The van der Waals surface area contributed by atoms with Crippen LogP contribution in [0.4, 0.5) is 0 Å². The van der Waals surface area contributed by atoms with Crippen molar-refractivity contribution in [3.63, 3.8) is 0 Å². The lowest BCUT2D eigenvalue weighted by molar-refractivity contribution is 0.105. The Morgan fingerprint density at radius 3 is 2.10 bits per heavy atom. The van der Waals surface area contributed by atoms with Crippen LogP contribution < -0.4 is 0 Å². The highest BCUT2D eigenvalue weighted by Gasteiger charge is 2.34. The summed E-state index contributed by atoms with van der Waals surface area (Å²) in [4.78, 5) is 2.55. The summed E-state index contributed by atoms with van der Waals surface area (Å²) in [7, 11) is -1.38. The summed E-state index contributed by atoms with van der Waals surface area (Å²) in [6.45, 7) is 5.16. The molecule has 0 spiro atoms. The quantitative estimate of drug-likeness (QED) is 0.802. The van der Waals surface area contributed by atoms with Crippen LogP contribution in [0.5, 0.6) is 0 Å². The van der Waals surface area contributed by atoms with Crippen LogP contribution in [0.3, 0.4) is 0 Å². The van der Waals surface area contributed by atoms with Crippen LogP contribution in [-0.4, -0.2) is 49.8 Å². The van der Waals surface area contributed by atoms with Crippen molar-refractivity contribution in [1.29, 1.82) is 0 Å². The van der Waals surface area contributed by atoms with Crippen molar-refractivity contribution >= 4 is 21.6 Å². The van der Waals surface area contributed by atoms with Gasteiger partial charge in [0.15, 0.2) is 0 Å². The summed E-state index contributed by atoms with van der Waals surface area (Å²) in [5, 5.41) is 0. The summed E-state index contributed by atoms with van der Waals surface area (Å²) in [5.41, 5.74) is 0.922. The molecule has 0 aromatic heterocycles. The molecule has 0 aliphatic carbocycles. The number of alkyl halides is 1. The maximum absolute atomic E-state index is 12.7. The third kappa shape index (κ3) is 3.01. The highest BCUT2D eigenvalue weighted by molar-refractivity contribution is 7.89. The van der Waals surface area contributed by atoms with Gasteiger partial charge in [-0.15, -0.1) is 11.6 Å². The van der Waals surface area contributed by atoms with Gasteiger partial charge in [-0.3, -0.25) is 4.90 Å². The molecule has 4 nitrogen and oxygen atoms in total. The second-order valence-corrected chi connectivity index (χ2v) is 7.67. The van der Waals surface area contributed by atoms with Crippen molar-refractivity contribution in [3.8, 4) is 0 Å². The largest absolute Gasteiger partial charge is 0.298 e. The fraction of sp³-hybridized carbons (Fsp3) is 0.571. The minimum atomic E-state index is -3.41. The van der Waals surface area contributed by atoms with Gasteiger partial charge in [-0.25, -0.2) is 8.42 Å². The first-order valence-electron chi connectivity index (χ1n) is 6.73. The minimum absolute atomic E-state index is 0.218. The third-order valence-corrected chi connectivity index (χ3v) is 6.20. The number of benzene rings is 1. The van der Waals surface area contributed by atoms with Gasteiger partial charge >= 0.3 is 0 Å². The van der Waals surface area contributed by atoms with Gasteiger partial charge in [-0.2, -0.15) is 4.31 Å². The fourth-order valence-electron chi connectivity index (χ4n) is 2.45. The molecule has 0 bridgehead atoms. The van der Waals surface area contributed by atoms with E-state index in [0.717, 1.165) is 5.56 Å². The molecule has 112 valence electrons. The number of piperazine rings is 1. The Labute approximate surface area is 126 Å². The first kappa shape index (κ1) is 15.8. The lowest BCUT2D eigenvalue weighted by atomic mass is 10.1. The molecule has 0 N–H and O–H groups in total. The van der Waals surface area contributed by atoms with Crippen molar-refractivity contribution < 1.29 is 8.42 Å². The van der Waals surface area contributed by atoms with Gasteiger partial charge in [0.25, 0.3) is 0 Å². The maximum Gasteiger partial charge on any atom is 0.243 e. The highest BCUT2D eigenvalue weighted by atomic mass is 35.5. The van der Waals surface area contributed by atoms with Crippen molar-refractivity contribution in [2.75, 3.05) is 20.1 Å². The van der Waals surface area contributed by atoms with Crippen LogP contribution in [0.15, 0.2) is 29.2 Å². The average molecular weight is 317 g/mol. The van der Waals surface area contributed by atoms with Crippen LogP contribution in [0.2, 0.25) is 0 Å². The Morgan fingerprint density at radius 2 is 1.65 bits per heavy atom. The van der Waals surface area contributed by atoms with Gasteiger partial charge in [0.05, 0.1) is 4.90 Å². The van der Waals surface area contributed by atoms with Crippen molar-refractivity contribution in [1.82, 2.24) is 9.21 Å². The zero-order valence-electron chi connectivity index (χ0n) is 12.1. The molecule has 2 atom stereocenters. The Hall–Kier alpha value is -0.620. The Balaban J connectivity index is 2.25. The molecule has 1 saturated heterocycles. The van der Waals surface area contributed by atoms with Crippen molar-refractivity contribution in [3.05, 3.63) is 29.8 Å². The number of hydrogen-bond acceptors (Lipinski definition) is 3. The second kappa shape index (κ2) is 6.02. The zero-order valence-corrected chi connectivity index (χ0v) is 13.7. The smallest absolute Gasteiger partial charge is 0.243 e. The first-order valence-corrected chi connectivity index (χ1v) is 8.70. The lowest BCUT2D eigenvalue weighted by Gasteiger charge is -2.41. The predicted molar refractivity (Wildman–Crippen MR) is 81.4 cm³/mol. The summed E-state index contributed by atoms with van der Waals surface area (Å²) >= 11 is 5.73. The second-order valence-electron chi connectivity index (χ2n) is 5.46. The fourth-order valence-corrected chi connectivity index (χ4v) is 4.23. The van der Waals surface area contributed by atoms with E-state index >= 15 is 0 Å². The van der Waals surface area contributed by atoms with E-state index in [-0.39, 0.29) is 12.1 Å². The summed E-state index contributed by atoms with van der Waals surface area (Å²) < 4.78 is 26.9. The Morgan fingerprint density at radius 1 is 1.15 bits per heavy atom. The van der Waals surface area contributed by atoms with E-state index in [1.54, 1.807) is 28.6 Å². The zero-order chi connectivity index (χ0) is 14.9. The van der Waals surface area contributed by atoms with Crippen LogP contribution >= 0.6 is 11.6 Å². The van der Waals surface area contributed by atoms with E-state index in [4.69, 9.17) is 11.6 Å². The third-order valence-electron chi connectivity index (χ3n) is 4.04. The number of hydrogen-bond donors (Lipinski definition) is 0. The summed E-state index contributed by atoms with van der Waals surface area (Å²) in [5.74, 6) is 0.392. The van der Waals surface area contributed by atoms with Crippen LogP contribution in [-0.2, 0) is 15.9 Å². The Bertz CT molecular complexity index is 547. The van der Waals surface area contributed by atoms with E-state index in [9.17, 15) is 8.42 Å². The topological polar surface area (TPSA) is 40.6 Å². The van der Waals surface area contributed by atoms with E-state index in [2.05, 4.69) is 18.7 Å². The number of rotatable bonds is 3. The standard InChI is InChI=1S/C14H21ClN2O2S/c1-11-9-17(10-12(2)16(11)3)20(18,19)14-6-4-13(8-15)5-7-14/h4-7,11-12H,8-10H2,1-3H3. The molecule has 2 rings (SSSR count). The average Bonchev–Trinajstić information content (AvgIpc) is 2.44. The van der Waals surface area contributed by atoms with E-state index < -0.39 is 10.0 Å². The predicted octanol–water partition coefficient (Wildman–Crippen LogP) is 2.14. The molecule has 1 aromatic carbocycles. The SMILES string of the molecule is CC1CN(S(=O)(=O)c2ccc(CCl)cc2)CC(C)N1C. The highest BCUT2D eigenvalue weighted by Crippen LogP contribution is 2.22. The van der Waals surface area contributed by atoms with E-state index in [0.29, 0.717) is 23.9 Å². The van der Waals surface area contributed by atoms with E-state index in [1.165, 1.54) is 0 Å². The van der Waals surface area contributed by atoms with Crippen molar-refractivity contribution in [2.45, 2.75) is 36.7 Å². The van der Waals surface area contributed by atoms with E-state index in [1.807, 2.05) is 7.05 Å². The minimum Gasteiger partial charge on any atom is -0.298 e. The van der Waals surface area contributed by atoms with Crippen LogP contribution in [0.25, 0.3) is 0 Å². The van der Waals surface area contributed by atoms with Crippen LogP contribution in [0.1, 0.15) is 19.4 Å². The lowest BCUT2D eigenvalue weighted by Crippen LogP contribution is -2.56. The summed E-state index contributed by atoms with van der Waals surface area (Å²) in [6.07, 6.45) is 0. The number of nitrogens with zero attached hydrogens (tertiary/aromatic N) is 2. The normalized spacial score (nSPS) is 25.8. The van der Waals surface area contributed by atoms with Crippen molar-refractivity contribution in [2.24, 2.45) is 0 Å². The molecule has 1 aliphatic heterocycles. The molecule has 0 amide bonds. The molecular formula is C14H21ClN2O2S. The van der Waals surface area contributed by atoms with Gasteiger partial charge in [0.2, 0.25) is 10.0 Å². The monoisotopic (exact) mass is 316 g/mol. The summed E-state index contributed by atoms with van der Waals surface area (Å²) in [6, 6.07) is 7.25. The van der Waals surface area contributed by atoms with Gasteiger partial charge in [-0.1, -0.05) is 12.1 Å². The molecule has 0 radical (unpaired) electrons. The molecule has 1 aliphatic rings. The number of sulfonamides is 1. The van der Waals surface area contributed by atoms with Gasteiger partial charge in [0, 0.05) is 31.1 Å². The molecule has 1 fully saturated rings. The molecule has 20 heavy (non-hydrogen) atoms. The van der Waals surface area contributed by atoms with Gasteiger partial charge in [-0.05, 0) is 38.6 Å². The molecule has 1 aromatic rings. The number of likely N-dealkylation sites (N-methyl/N-ethyl adjacent to an activating group) is 1. The molecule has 6 heteroatoms. The maximum atomic E-state index is 12.7. The molecule has 0 saturated carbocycles. The van der Waals surface area contributed by atoms with Gasteiger partial charge in [0.1, 0.15) is 0 Å². The Kier molecular flexibility index (Phi) is 4.74.